The zero-order chi connectivity index (χ0) is 19.9. The van der Waals surface area contributed by atoms with Gasteiger partial charge in [-0.2, -0.15) is 0 Å². The lowest BCUT2D eigenvalue weighted by Crippen LogP contribution is -2.42. The van der Waals surface area contributed by atoms with Crippen LogP contribution < -0.4 is 10.2 Å². The van der Waals surface area contributed by atoms with Gasteiger partial charge >= 0.3 is 5.97 Å². The summed E-state index contributed by atoms with van der Waals surface area (Å²) in [6.45, 7) is 1.17. The topological polar surface area (TPSA) is 119 Å². The first-order valence-electron chi connectivity index (χ1n) is 9.24. The largest absolute Gasteiger partial charge is 0.477 e. The molecule has 1 aromatic carbocycles. The lowest BCUT2D eigenvalue weighted by atomic mass is 9.94. The highest BCUT2D eigenvalue weighted by molar-refractivity contribution is 5.85. The number of anilines is 1. The minimum absolute atomic E-state index is 0.0180. The summed E-state index contributed by atoms with van der Waals surface area (Å²) >= 11 is 0. The minimum atomic E-state index is -1.09. The summed E-state index contributed by atoms with van der Waals surface area (Å²) in [5.41, 5.74) is 0.942. The van der Waals surface area contributed by atoms with Gasteiger partial charge in [-0.1, -0.05) is 30.3 Å². The molecule has 8 nitrogen and oxygen atoms in total. The second-order valence-electron chi connectivity index (χ2n) is 6.72. The molecular weight excluding hydrogens is 358 g/mol. The number of carboxylic acids is 1. The number of carbonyl (C=O) groups excluding carboxylic acids is 1. The Morgan fingerprint density at radius 3 is 2.61 bits per heavy atom. The van der Waals surface area contributed by atoms with Crippen LogP contribution in [0.25, 0.3) is 0 Å². The fourth-order valence-corrected chi connectivity index (χ4v) is 3.33. The average Bonchev–Trinajstić information content (AvgIpc) is 2.74. The third-order valence-electron chi connectivity index (χ3n) is 4.88. The summed E-state index contributed by atoms with van der Waals surface area (Å²) in [6, 6.07) is 10.8. The molecule has 1 unspecified atom stereocenters. The van der Waals surface area contributed by atoms with E-state index in [4.69, 9.17) is 10.5 Å². The molecule has 0 radical (unpaired) electrons. The van der Waals surface area contributed by atoms with Gasteiger partial charge in [0.15, 0.2) is 5.69 Å². The number of hydrogen-bond acceptors (Lipinski definition) is 6. The first-order valence-corrected chi connectivity index (χ1v) is 9.24. The van der Waals surface area contributed by atoms with E-state index in [-0.39, 0.29) is 23.6 Å². The maximum Gasteiger partial charge on any atom is 0.354 e. The molecule has 2 heterocycles. The van der Waals surface area contributed by atoms with Gasteiger partial charge in [-0.3, -0.25) is 4.79 Å². The third-order valence-corrected chi connectivity index (χ3v) is 4.88. The van der Waals surface area contributed by atoms with Crippen molar-refractivity contribution in [3.8, 4) is 0 Å². The summed E-state index contributed by atoms with van der Waals surface area (Å²) in [5.74, 6) is -0.854. The number of piperidine rings is 1. The van der Waals surface area contributed by atoms with Gasteiger partial charge in [-0.05, 0) is 30.7 Å². The number of nitrogens with one attached hydrogen (secondary N) is 2. The van der Waals surface area contributed by atoms with Crippen molar-refractivity contribution in [3.63, 3.8) is 0 Å². The van der Waals surface area contributed by atoms with E-state index in [9.17, 15) is 9.59 Å². The molecule has 0 aliphatic carbocycles. The van der Waals surface area contributed by atoms with Crippen molar-refractivity contribution in [1.29, 1.82) is 5.41 Å². The number of aromatic nitrogens is 2. The number of carbonyl (C=O) groups is 2. The quantitative estimate of drug-likeness (QED) is 0.633. The van der Waals surface area contributed by atoms with Crippen molar-refractivity contribution < 1.29 is 14.7 Å². The summed E-state index contributed by atoms with van der Waals surface area (Å²) in [5, 5.41) is 19.5. The molecule has 146 valence electrons. The number of aromatic carboxylic acids is 1. The SMILES string of the molecule is N=CCC(NC(=O)C1CCN(c2nccc(C(=O)O)n2)CC1)c1ccccc1. The second-order valence-corrected chi connectivity index (χ2v) is 6.72. The minimum Gasteiger partial charge on any atom is -0.477 e. The van der Waals surface area contributed by atoms with Crippen LogP contribution in [0.2, 0.25) is 0 Å². The van der Waals surface area contributed by atoms with Crippen molar-refractivity contribution >= 4 is 24.0 Å². The zero-order valence-electron chi connectivity index (χ0n) is 15.4. The summed E-state index contributed by atoms with van der Waals surface area (Å²) < 4.78 is 0. The van der Waals surface area contributed by atoms with E-state index in [0.29, 0.717) is 38.3 Å². The van der Waals surface area contributed by atoms with Crippen molar-refractivity contribution in [1.82, 2.24) is 15.3 Å². The van der Waals surface area contributed by atoms with Crippen molar-refractivity contribution in [2.45, 2.75) is 25.3 Å². The van der Waals surface area contributed by atoms with Gasteiger partial charge in [-0.25, -0.2) is 14.8 Å². The van der Waals surface area contributed by atoms with E-state index in [0.717, 1.165) is 5.56 Å². The maximum atomic E-state index is 12.7. The van der Waals surface area contributed by atoms with Crippen LogP contribution in [0.15, 0.2) is 42.6 Å². The smallest absolute Gasteiger partial charge is 0.354 e. The van der Waals surface area contributed by atoms with Crippen LogP contribution in [-0.2, 0) is 4.79 Å². The molecule has 2 aromatic rings. The molecule has 1 aliphatic heterocycles. The van der Waals surface area contributed by atoms with Gasteiger partial charge < -0.3 is 20.7 Å². The molecule has 0 saturated carbocycles. The number of amides is 1. The van der Waals surface area contributed by atoms with E-state index in [1.807, 2.05) is 35.2 Å². The van der Waals surface area contributed by atoms with Crippen LogP contribution in [0, 0.1) is 11.3 Å². The van der Waals surface area contributed by atoms with E-state index < -0.39 is 5.97 Å². The van der Waals surface area contributed by atoms with Crippen LogP contribution in [0.4, 0.5) is 5.95 Å². The zero-order valence-corrected chi connectivity index (χ0v) is 15.4. The highest BCUT2D eigenvalue weighted by atomic mass is 16.4. The summed E-state index contributed by atoms with van der Waals surface area (Å²) in [6.07, 6.45) is 4.47. The highest BCUT2D eigenvalue weighted by Gasteiger charge is 2.28. The Hall–Kier alpha value is -3.29. The van der Waals surface area contributed by atoms with Gasteiger partial charge in [0.1, 0.15) is 0 Å². The Morgan fingerprint density at radius 2 is 1.96 bits per heavy atom. The predicted molar refractivity (Wildman–Crippen MR) is 105 cm³/mol. The highest BCUT2D eigenvalue weighted by Crippen LogP contribution is 2.23. The van der Waals surface area contributed by atoms with Gasteiger partial charge in [-0.15, -0.1) is 0 Å². The summed E-state index contributed by atoms with van der Waals surface area (Å²) in [7, 11) is 0. The van der Waals surface area contributed by atoms with E-state index >= 15 is 0 Å². The van der Waals surface area contributed by atoms with Gasteiger partial charge in [0.2, 0.25) is 11.9 Å². The molecule has 8 heteroatoms. The first-order chi connectivity index (χ1) is 13.6. The van der Waals surface area contributed by atoms with E-state index in [2.05, 4.69) is 15.3 Å². The molecule has 1 aliphatic rings. The monoisotopic (exact) mass is 381 g/mol. The van der Waals surface area contributed by atoms with Gasteiger partial charge in [0.05, 0.1) is 6.04 Å². The van der Waals surface area contributed by atoms with Gasteiger partial charge in [0, 0.05) is 31.6 Å². The number of benzene rings is 1. The fourth-order valence-electron chi connectivity index (χ4n) is 3.33. The van der Waals surface area contributed by atoms with Crippen molar-refractivity contribution in [3.05, 3.63) is 53.9 Å². The Kier molecular flexibility index (Phi) is 6.31. The third kappa shape index (κ3) is 4.70. The molecule has 0 spiro atoms. The molecule has 1 fully saturated rings. The Balaban J connectivity index is 1.59. The predicted octanol–water partition coefficient (Wildman–Crippen LogP) is 2.29. The molecule has 1 amide bonds. The Morgan fingerprint density at radius 1 is 1.25 bits per heavy atom. The lowest BCUT2D eigenvalue weighted by Gasteiger charge is -2.32. The molecule has 1 atom stereocenters. The number of rotatable bonds is 7. The van der Waals surface area contributed by atoms with Crippen LogP contribution >= 0.6 is 0 Å². The first kappa shape index (κ1) is 19.5. The second kappa shape index (κ2) is 9.07. The van der Waals surface area contributed by atoms with Crippen molar-refractivity contribution in [2.75, 3.05) is 18.0 Å². The van der Waals surface area contributed by atoms with Crippen molar-refractivity contribution in [2.24, 2.45) is 5.92 Å². The molecule has 3 N–H and O–H groups in total. The van der Waals surface area contributed by atoms with E-state index in [1.165, 1.54) is 18.5 Å². The lowest BCUT2D eigenvalue weighted by molar-refractivity contribution is -0.126. The molecule has 0 bridgehead atoms. The van der Waals surface area contributed by atoms with Crippen LogP contribution in [0.3, 0.4) is 0 Å². The fraction of sp³-hybridized carbons (Fsp3) is 0.350. The standard InChI is InChI=1S/C20H23N5O3/c21-10-6-16(14-4-2-1-3-5-14)23-18(26)15-8-12-25(13-9-15)20-22-11-7-17(24-20)19(27)28/h1-5,7,10-11,15-16,21H,6,8-9,12-13H2,(H,23,26)(H,27,28). The molecule has 1 aromatic heterocycles. The van der Waals surface area contributed by atoms with Crippen LogP contribution in [0.5, 0.6) is 0 Å². The van der Waals surface area contributed by atoms with E-state index in [1.54, 1.807) is 0 Å². The molecular formula is C20H23N5O3. The van der Waals surface area contributed by atoms with Crippen LogP contribution in [-0.4, -0.2) is 46.3 Å². The number of carboxylic acid groups (broad SMARTS) is 1. The van der Waals surface area contributed by atoms with Crippen LogP contribution in [0.1, 0.15) is 41.4 Å². The average molecular weight is 381 g/mol. The molecule has 1 saturated heterocycles. The maximum absolute atomic E-state index is 12.7. The molecule has 3 rings (SSSR count). The molecule has 28 heavy (non-hydrogen) atoms. The Labute approximate surface area is 163 Å². The normalized spacial score (nSPS) is 15.6. The number of hydrogen-bond donors (Lipinski definition) is 3. The Bertz CT molecular complexity index is 835. The number of nitrogens with zero attached hydrogens (tertiary/aromatic N) is 3. The van der Waals surface area contributed by atoms with Gasteiger partial charge in [0.25, 0.3) is 0 Å². The summed E-state index contributed by atoms with van der Waals surface area (Å²) in [4.78, 5) is 33.9.